The fourth-order valence-corrected chi connectivity index (χ4v) is 2.81. The number of benzene rings is 2. The van der Waals surface area contributed by atoms with Gasteiger partial charge in [0.05, 0.1) is 23.0 Å². The number of hydrogen-bond acceptors (Lipinski definition) is 6. The molecule has 0 saturated heterocycles. The van der Waals surface area contributed by atoms with Crippen LogP contribution in [0, 0.1) is 0 Å². The highest BCUT2D eigenvalue weighted by atomic mass is 32.1. The van der Waals surface area contributed by atoms with Gasteiger partial charge < -0.3 is 10.1 Å². The van der Waals surface area contributed by atoms with E-state index in [2.05, 4.69) is 14.1 Å². The fourth-order valence-electron chi connectivity index (χ4n) is 2.26. The first kappa shape index (κ1) is 19.5. The van der Waals surface area contributed by atoms with E-state index < -0.39 is 30.2 Å². The number of fused-ring (bicyclic) bond motifs is 1. The number of ether oxygens (including phenoxy) is 1. The molecule has 0 saturated carbocycles. The number of halogens is 3. The molecular formula is C18H12F3N3O3S. The second-order valence-electron chi connectivity index (χ2n) is 5.55. The molecule has 0 aliphatic heterocycles. The van der Waals surface area contributed by atoms with Crippen molar-refractivity contribution in [1.29, 1.82) is 0 Å². The van der Waals surface area contributed by atoms with Crippen molar-refractivity contribution in [2.45, 2.75) is 6.18 Å². The number of amides is 1. The van der Waals surface area contributed by atoms with Crippen molar-refractivity contribution in [3.05, 3.63) is 59.7 Å². The first-order chi connectivity index (χ1) is 13.3. The van der Waals surface area contributed by atoms with Crippen molar-refractivity contribution in [3.8, 4) is 0 Å². The van der Waals surface area contributed by atoms with Crippen molar-refractivity contribution in [3.63, 3.8) is 0 Å². The second kappa shape index (κ2) is 8.17. The molecule has 1 aromatic heterocycles. The molecule has 3 aromatic rings. The number of nitrogens with zero attached hydrogens (tertiary/aromatic N) is 2. The lowest BCUT2D eigenvalue weighted by molar-refractivity contribution is -0.142. The number of anilines is 1. The van der Waals surface area contributed by atoms with Crippen molar-refractivity contribution < 1.29 is 27.5 Å². The molecule has 6 nitrogen and oxygen atoms in total. The van der Waals surface area contributed by atoms with Gasteiger partial charge in [-0.15, -0.1) is 0 Å². The Bertz CT molecular complexity index is 1050. The summed E-state index contributed by atoms with van der Waals surface area (Å²) in [5.41, 5.74) is 0.944. The van der Waals surface area contributed by atoms with Crippen LogP contribution < -0.4 is 5.32 Å². The van der Waals surface area contributed by atoms with Crippen LogP contribution in [0.1, 0.15) is 11.1 Å². The van der Waals surface area contributed by atoms with Crippen molar-refractivity contribution in [2.24, 2.45) is 0 Å². The average Bonchev–Trinajstić information content (AvgIpc) is 3.14. The normalized spacial score (nSPS) is 11.7. The van der Waals surface area contributed by atoms with Gasteiger partial charge in [-0.1, -0.05) is 18.2 Å². The third kappa shape index (κ3) is 4.92. The van der Waals surface area contributed by atoms with Gasteiger partial charge in [-0.3, -0.25) is 4.79 Å². The average molecular weight is 407 g/mol. The molecule has 3 rings (SSSR count). The van der Waals surface area contributed by atoms with E-state index in [9.17, 15) is 22.8 Å². The minimum absolute atomic E-state index is 0.180. The Kier molecular flexibility index (Phi) is 5.69. The number of carbonyl (C=O) groups excluding carboxylic acids is 2. The third-order valence-corrected chi connectivity index (χ3v) is 4.07. The molecule has 0 bridgehead atoms. The van der Waals surface area contributed by atoms with Crippen LogP contribution in [0.4, 0.5) is 18.9 Å². The summed E-state index contributed by atoms with van der Waals surface area (Å²) < 4.78 is 50.9. The maximum absolute atomic E-state index is 12.7. The monoisotopic (exact) mass is 407 g/mol. The zero-order valence-corrected chi connectivity index (χ0v) is 14.9. The number of hydrogen-bond donors (Lipinski definition) is 1. The number of esters is 1. The minimum Gasteiger partial charge on any atom is -0.452 e. The van der Waals surface area contributed by atoms with Crippen LogP contribution in [0.3, 0.4) is 0 Å². The van der Waals surface area contributed by atoms with Gasteiger partial charge >= 0.3 is 12.1 Å². The molecule has 1 N–H and O–H groups in total. The van der Waals surface area contributed by atoms with E-state index in [0.717, 1.165) is 29.9 Å². The van der Waals surface area contributed by atoms with Crippen LogP contribution in [0.15, 0.2) is 48.5 Å². The lowest BCUT2D eigenvalue weighted by atomic mass is 10.1. The molecule has 0 spiro atoms. The molecule has 0 fully saturated rings. The van der Waals surface area contributed by atoms with Crippen molar-refractivity contribution in [2.75, 3.05) is 11.9 Å². The fraction of sp³-hybridized carbons (Fsp3) is 0.111. The van der Waals surface area contributed by atoms with Gasteiger partial charge in [-0.05, 0) is 35.9 Å². The van der Waals surface area contributed by atoms with Crippen LogP contribution in [-0.2, 0) is 20.5 Å². The van der Waals surface area contributed by atoms with Gasteiger partial charge in [0.1, 0.15) is 11.0 Å². The summed E-state index contributed by atoms with van der Waals surface area (Å²) in [6.45, 7) is -0.556. The summed E-state index contributed by atoms with van der Waals surface area (Å²) in [6.07, 6.45) is -2.34. The first-order valence-corrected chi connectivity index (χ1v) is 8.59. The van der Waals surface area contributed by atoms with E-state index in [0.29, 0.717) is 16.7 Å². The van der Waals surface area contributed by atoms with Crippen LogP contribution in [-0.4, -0.2) is 27.2 Å². The summed E-state index contributed by atoms with van der Waals surface area (Å²) in [4.78, 5) is 23.6. The molecule has 0 aliphatic carbocycles. The van der Waals surface area contributed by atoms with E-state index in [-0.39, 0.29) is 5.56 Å². The number of nitrogens with one attached hydrogen (secondary N) is 1. The molecule has 1 heterocycles. The highest BCUT2D eigenvalue weighted by Crippen LogP contribution is 2.29. The van der Waals surface area contributed by atoms with E-state index in [1.165, 1.54) is 18.2 Å². The van der Waals surface area contributed by atoms with E-state index in [1.54, 1.807) is 18.2 Å². The Labute approximate surface area is 161 Å². The summed E-state index contributed by atoms with van der Waals surface area (Å²) in [6, 6.07) is 9.55. The maximum atomic E-state index is 12.7. The Morgan fingerprint density at radius 3 is 2.71 bits per heavy atom. The molecule has 10 heteroatoms. The number of alkyl halides is 3. The molecule has 1 amide bonds. The van der Waals surface area contributed by atoms with Crippen LogP contribution in [0.25, 0.3) is 17.1 Å². The lowest BCUT2D eigenvalue weighted by Crippen LogP contribution is -2.20. The zero-order valence-electron chi connectivity index (χ0n) is 14.1. The van der Waals surface area contributed by atoms with Crippen LogP contribution >= 0.6 is 11.7 Å². The highest BCUT2D eigenvalue weighted by Gasteiger charge is 2.30. The Morgan fingerprint density at radius 2 is 1.93 bits per heavy atom. The van der Waals surface area contributed by atoms with Gasteiger partial charge in [-0.2, -0.15) is 21.9 Å². The molecule has 2 aromatic carbocycles. The quantitative estimate of drug-likeness (QED) is 0.512. The standard InChI is InChI=1S/C18H12F3N3O3S/c19-18(20,21)12-4-1-3-11(9-12)7-8-16(26)27-10-15(25)22-13-5-2-6-14-17(13)24-28-23-14/h1-9H,10H2,(H,22,25)/b8-7+. The predicted octanol–water partition coefficient (Wildman–Crippen LogP) is 3.91. The lowest BCUT2D eigenvalue weighted by Gasteiger charge is -2.07. The number of aromatic nitrogens is 2. The van der Waals surface area contributed by atoms with Crippen molar-refractivity contribution in [1.82, 2.24) is 8.75 Å². The molecule has 0 aliphatic rings. The largest absolute Gasteiger partial charge is 0.452 e. The Hall–Kier alpha value is -3.27. The molecule has 0 atom stereocenters. The molecular weight excluding hydrogens is 395 g/mol. The third-order valence-electron chi connectivity index (χ3n) is 3.53. The summed E-state index contributed by atoms with van der Waals surface area (Å²) in [5.74, 6) is -1.44. The first-order valence-electron chi connectivity index (χ1n) is 7.86. The van der Waals surface area contributed by atoms with Crippen LogP contribution in [0.5, 0.6) is 0 Å². The molecule has 144 valence electrons. The molecule has 0 radical (unpaired) electrons. The summed E-state index contributed by atoms with van der Waals surface area (Å²) >= 11 is 1.00. The Morgan fingerprint density at radius 1 is 1.14 bits per heavy atom. The summed E-state index contributed by atoms with van der Waals surface area (Å²) in [7, 11) is 0. The SMILES string of the molecule is O=C(COC(=O)/C=C/c1cccc(C(F)(F)F)c1)Nc1cccc2nsnc12. The van der Waals surface area contributed by atoms with Gasteiger partial charge in [0.15, 0.2) is 6.61 Å². The van der Waals surface area contributed by atoms with E-state index >= 15 is 0 Å². The van der Waals surface area contributed by atoms with Gasteiger partial charge in [0, 0.05) is 6.08 Å². The Balaban J connectivity index is 1.55. The summed E-state index contributed by atoms with van der Waals surface area (Å²) in [5, 5.41) is 2.56. The van der Waals surface area contributed by atoms with Gasteiger partial charge in [0.2, 0.25) is 0 Å². The maximum Gasteiger partial charge on any atom is 0.416 e. The highest BCUT2D eigenvalue weighted by molar-refractivity contribution is 7.00. The smallest absolute Gasteiger partial charge is 0.416 e. The molecule has 0 unspecified atom stereocenters. The van der Waals surface area contributed by atoms with E-state index in [4.69, 9.17) is 4.74 Å². The zero-order chi connectivity index (χ0) is 20.1. The number of rotatable bonds is 5. The molecule has 28 heavy (non-hydrogen) atoms. The topological polar surface area (TPSA) is 81.2 Å². The second-order valence-corrected chi connectivity index (χ2v) is 6.08. The minimum atomic E-state index is -4.47. The number of carbonyl (C=O) groups is 2. The van der Waals surface area contributed by atoms with E-state index in [1.807, 2.05) is 0 Å². The van der Waals surface area contributed by atoms with Crippen LogP contribution in [0.2, 0.25) is 0 Å². The van der Waals surface area contributed by atoms with Gasteiger partial charge in [0.25, 0.3) is 5.91 Å². The van der Waals surface area contributed by atoms with Crippen molar-refractivity contribution >= 4 is 46.4 Å². The van der Waals surface area contributed by atoms with Gasteiger partial charge in [-0.25, -0.2) is 4.79 Å². The predicted molar refractivity (Wildman–Crippen MR) is 97.5 cm³/mol.